The fourth-order valence-corrected chi connectivity index (χ4v) is 1.43. The van der Waals surface area contributed by atoms with Gasteiger partial charge in [-0.2, -0.15) is 0 Å². The minimum Gasteiger partial charge on any atom is -0.409 e. The van der Waals surface area contributed by atoms with E-state index in [9.17, 15) is 0 Å². The minimum absolute atomic E-state index is 0.0541. The summed E-state index contributed by atoms with van der Waals surface area (Å²) in [4.78, 5) is 0. The predicted octanol–water partition coefficient (Wildman–Crippen LogP) is 2.44. The number of aryl methyl sites for hydroxylation is 1. The predicted molar refractivity (Wildman–Crippen MR) is 67.3 cm³/mol. The van der Waals surface area contributed by atoms with Crippen LogP contribution in [0.15, 0.2) is 23.4 Å². The van der Waals surface area contributed by atoms with E-state index in [2.05, 4.69) is 10.5 Å². The Labute approximate surface area is 100 Å². The standard InChI is InChI=1S/C11H16ClN3O/c1-7-3-4-9(12)10(5-7)14-6-8(2)11(13)15-16/h3-5,8,14,16H,6H2,1-2H3,(H2,13,15). The number of hydrogen-bond donors (Lipinski definition) is 3. The molecule has 0 bridgehead atoms. The molecule has 1 unspecified atom stereocenters. The van der Waals surface area contributed by atoms with E-state index in [0.29, 0.717) is 11.6 Å². The van der Waals surface area contributed by atoms with Crippen LogP contribution in [0.4, 0.5) is 5.69 Å². The average Bonchev–Trinajstić information content (AvgIpc) is 2.28. The van der Waals surface area contributed by atoms with Gasteiger partial charge in [-0.25, -0.2) is 0 Å². The molecule has 0 spiro atoms. The molecule has 0 aromatic heterocycles. The van der Waals surface area contributed by atoms with Crippen molar-refractivity contribution in [1.29, 1.82) is 0 Å². The van der Waals surface area contributed by atoms with E-state index in [1.165, 1.54) is 0 Å². The molecule has 1 aromatic rings. The van der Waals surface area contributed by atoms with E-state index in [-0.39, 0.29) is 11.8 Å². The quantitative estimate of drug-likeness (QED) is 0.328. The van der Waals surface area contributed by atoms with Gasteiger partial charge in [-0.1, -0.05) is 29.7 Å². The zero-order chi connectivity index (χ0) is 12.1. The van der Waals surface area contributed by atoms with Gasteiger partial charge in [0.1, 0.15) is 5.84 Å². The van der Waals surface area contributed by atoms with Gasteiger partial charge < -0.3 is 16.3 Å². The number of nitrogens with two attached hydrogens (primary N) is 1. The summed E-state index contributed by atoms with van der Waals surface area (Å²) in [6.07, 6.45) is 0. The molecule has 0 amide bonds. The maximum atomic E-state index is 8.51. The molecule has 0 fully saturated rings. The summed E-state index contributed by atoms with van der Waals surface area (Å²) >= 11 is 6.02. The van der Waals surface area contributed by atoms with Crippen LogP contribution in [0.5, 0.6) is 0 Å². The van der Waals surface area contributed by atoms with E-state index < -0.39 is 0 Å². The number of nitrogens with one attached hydrogen (secondary N) is 1. The molecule has 0 aliphatic heterocycles. The Kier molecular flexibility index (Phi) is 4.43. The molecule has 4 N–H and O–H groups in total. The Morgan fingerprint density at radius 3 is 2.94 bits per heavy atom. The number of nitrogens with zero attached hydrogens (tertiary/aromatic N) is 1. The molecule has 1 atom stereocenters. The first-order chi connectivity index (χ1) is 7.54. The zero-order valence-corrected chi connectivity index (χ0v) is 10.1. The molecule has 0 aliphatic carbocycles. The number of oxime groups is 1. The molecule has 16 heavy (non-hydrogen) atoms. The van der Waals surface area contributed by atoms with E-state index in [4.69, 9.17) is 22.5 Å². The molecule has 0 aliphatic rings. The number of hydrogen-bond acceptors (Lipinski definition) is 3. The fourth-order valence-electron chi connectivity index (χ4n) is 1.24. The first-order valence-electron chi connectivity index (χ1n) is 5.02. The lowest BCUT2D eigenvalue weighted by Crippen LogP contribution is -2.27. The zero-order valence-electron chi connectivity index (χ0n) is 9.37. The maximum Gasteiger partial charge on any atom is 0.143 e. The topological polar surface area (TPSA) is 70.6 Å². The van der Waals surface area contributed by atoms with Crippen LogP contribution in [-0.4, -0.2) is 17.6 Å². The first-order valence-corrected chi connectivity index (χ1v) is 5.40. The molecule has 0 heterocycles. The highest BCUT2D eigenvalue weighted by Crippen LogP contribution is 2.22. The molecular weight excluding hydrogens is 226 g/mol. The molecule has 0 saturated heterocycles. The van der Waals surface area contributed by atoms with Crippen LogP contribution < -0.4 is 11.1 Å². The van der Waals surface area contributed by atoms with Crippen molar-refractivity contribution in [1.82, 2.24) is 0 Å². The van der Waals surface area contributed by atoms with Crippen LogP contribution in [0.3, 0.4) is 0 Å². The first kappa shape index (κ1) is 12.6. The Morgan fingerprint density at radius 1 is 1.62 bits per heavy atom. The fraction of sp³-hybridized carbons (Fsp3) is 0.364. The molecule has 0 saturated carbocycles. The number of rotatable bonds is 4. The summed E-state index contributed by atoms with van der Waals surface area (Å²) in [6.45, 7) is 4.43. The molecule has 1 aromatic carbocycles. The Morgan fingerprint density at radius 2 is 2.31 bits per heavy atom. The van der Waals surface area contributed by atoms with E-state index >= 15 is 0 Å². The summed E-state index contributed by atoms with van der Waals surface area (Å²) < 4.78 is 0. The van der Waals surface area contributed by atoms with Crippen LogP contribution in [0.2, 0.25) is 5.02 Å². The summed E-state index contributed by atoms with van der Waals surface area (Å²) in [7, 11) is 0. The Bertz CT molecular complexity index is 393. The Balaban J connectivity index is 2.64. The van der Waals surface area contributed by atoms with Crippen LogP contribution in [-0.2, 0) is 0 Å². The number of anilines is 1. The van der Waals surface area contributed by atoms with E-state index in [1.54, 1.807) is 0 Å². The van der Waals surface area contributed by atoms with Crippen molar-refractivity contribution in [3.05, 3.63) is 28.8 Å². The molecular formula is C11H16ClN3O. The molecule has 4 nitrogen and oxygen atoms in total. The van der Waals surface area contributed by atoms with Crippen LogP contribution in [0.1, 0.15) is 12.5 Å². The van der Waals surface area contributed by atoms with Crippen molar-refractivity contribution in [2.24, 2.45) is 16.8 Å². The second-order valence-corrected chi connectivity index (χ2v) is 4.20. The van der Waals surface area contributed by atoms with Gasteiger partial charge >= 0.3 is 0 Å². The third kappa shape index (κ3) is 3.31. The molecule has 0 radical (unpaired) electrons. The van der Waals surface area contributed by atoms with Gasteiger partial charge in [0.25, 0.3) is 0 Å². The number of halogens is 1. The number of amidine groups is 1. The lowest BCUT2D eigenvalue weighted by atomic mass is 10.1. The monoisotopic (exact) mass is 241 g/mol. The average molecular weight is 242 g/mol. The van der Waals surface area contributed by atoms with Gasteiger partial charge in [-0.05, 0) is 24.6 Å². The van der Waals surface area contributed by atoms with Crippen molar-refractivity contribution < 1.29 is 5.21 Å². The van der Waals surface area contributed by atoms with Gasteiger partial charge in [-0.15, -0.1) is 0 Å². The van der Waals surface area contributed by atoms with Crippen molar-refractivity contribution in [3.8, 4) is 0 Å². The molecule has 5 heteroatoms. The second-order valence-electron chi connectivity index (χ2n) is 3.79. The highest BCUT2D eigenvalue weighted by atomic mass is 35.5. The van der Waals surface area contributed by atoms with E-state index in [0.717, 1.165) is 11.3 Å². The largest absolute Gasteiger partial charge is 0.409 e. The lowest BCUT2D eigenvalue weighted by Gasteiger charge is -2.13. The van der Waals surface area contributed by atoms with Crippen LogP contribution >= 0.6 is 11.6 Å². The van der Waals surface area contributed by atoms with Crippen LogP contribution in [0, 0.1) is 12.8 Å². The maximum absolute atomic E-state index is 8.51. The summed E-state index contributed by atoms with van der Waals surface area (Å²) in [5, 5.41) is 15.3. The van der Waals surface area contributed by atoms with E-state index in [1.807, 2.05) is 32.0 Å². The summed E-state index contributed by atoms with van der Waals surface area (Å²) in [5.41, 5.74) is 7.46. The van der Waals surface area contributed by atoms with Crippen molar-refractivity contribution >= 4 is 23.1 Å². The van der Waals surface area contributed by atoms with Gasteiger partial charge in [0, 0.05) is 12.5 Å². The summed E-state index contributed by atoms with van der Waals surface area (Å²) in [5.74, 6) is 0.151. The molecule has 1 rings (SSSR count). The molecule has 88 valence electrons. The van der Waals surface area contributed by atoms with Gasteiger partial charge in [0.15, 0.2) is 0 Å². The third-order valence-corrected chi connectivity index (χ3v) is 2.67. The normalized spacial score (nSPS) is 13.6. The lowest BCUT2D eigenvalue weighted by molar-refractivity contribution is 0.315. The van der Waals surface area contributed by atoms with Gasteiger partial charge in [0.05, 0.1) is 10.7 Å². The SMILES string of the molecule is Cc1ccc(Cl)c(NCC(C)/C(N)=N/O)c1. The highest BCUT2D eigenvalue weighted by molar-refractivity contribution is 6.33. The highest BCUT2D eigenvalue weighted by Gasteiger charge is 2.08. The minimum atomic E-state index is -0.0541. The van der Waals surface area contributed by atoms with Crippen molar-refractivity contribution in [3.63, 3.8) is 0 Å². The smallest absolute Gasteiger partial charge is 0.143 e. The van der Waals surface area contributed by atoms with Gasteiger partial charge in [-0.3, -0.25) is 0 Å². The van der Waals surface area contributed by atoms with Crippen molar-refractivity contribution in [2.45, 2.75) is 13.8 Å². The Hall–Kier alpha value is -1.42. The van der Waals surface area contributed by atoms with Gasteiger partial charge in [0.2, 0.25) is 0 Å². The summed E-state index contributed by atoms with van der Waals surface area (Å²) in [6, 6.07) is 5.75. The van der Waals surface area contributed by atoms with Crippen molar-refractivity contribution in [2.75, 3.05) is 11.9 Å². The third-order valence-electron chi connectivity index (χ3n) is 2.34. The second kappa shape index (κ2) is 5.61. The number of benzene rings is 1. The van der Waals surface area contributed by atoms with Crippen LogP contribution in [0.25, 0.3) is 0 Å².